The number of unbranched alkanes of at least 4 members (excludes halogenated alkanes) is 1. The molecule has 3 atom stereocenters. The number of carbonyl (C=O) groups excluding carboxylic acids is 3. The highest BCUT2D eigenvalue weighted by Gasteiger charge is 2.43. The molecule has 0 spiro atoms. The number of ether oxygens (including phenoxy) is 9. The van der Waals surface area contributed by atoms with E-state index in [1.807, 2.05) is 74.5 Å². The molecule has 0 aromatic heterocycles. The van der Waals surface area contributed by atoms with E-state index in [0.29, 0.717) is 106 Å². The van der Waals surface area contributed by atoms with Gasteiger partial charge >= 0.3 is 12.1 Å². The molecule has 450 valence electrons. The molecule has 4 N–H and O–H groups in total. The van der Waals surface area contributed by atoms with Crippen LogP contribution in [0.1, 0.15) is 105 Å². The van der Waals surface area contributed by atoms with Gasteiger partial charge in [0, 0.05) is 52.9 Å². The minimum Gasteiger partial charge on any atom is -0.490 e. The number of alkyl halides is 3. The van der Waals surface area contributed by atoms with Crippen molar-refractivity contribution in [2.24, 2.45) is 11.7 Å². The fourth-order valence-electron chi connectivity index (χ4n) is 7.54. The number of carbonyl (C=O) groups is 3. The second-order valence-corrected chi connectivity index (χ2v) is 19.0. The Morgan fingerprint density at radius 1 is 0.720 bits per heavy atom. The van der Waals surface area contributed by atoms with Crippen molar-refractivity contribution in [1.29, 1.82) is 10.8 Å². The topological polar surface area (TPSA) is 211 Å². The zero-order valence-corrected chi connectivity index (χ0v) is 48.7. The average Bonchev–Trinajstić information content (AvgIpc) is 4.28. The lowest BCUT2D eigenvalue weighted by Gasteiger charge is -2.18. The number of rotatable bonds is 31. The van der Waals surface area contributed by atoms with Gasteiger partial charge in [-0.05, 0) is 140 Å². The Kier molecular flexibility index (Phi) is 35.5. The van der Waals surface area contributed by atoms with Crippen LogP contribution in [0.2, 0.25) is 0 Å². The number of nitrogens with one attached hydrogen (secondary N) is 2. The third kappa shape index (κ3) is 29.0. The van der Waals surface area contributed by atoms with E-state index in [0.717, 1.165) is 90.5 Å². The first kappa shape index (κ1) is 71.0. The molecule has 1 saturated carbocycles. The van der Waals surface area contributed by atoms with Crippen molar-refractivity contribution in [2.75, 3.05) is 73.7 Å². The van der Waals surface area contributed by atoms with Crippen molar-refractivity contribution in [3.63, 3.8) is 0 Å². The summed E-state index contributed by atoms with van der Waals surface area (Å²) in [5, 5.41) is 14.6. The van der Waals surface area contributed by atoms with Gasteiger partial charge in [0.25, 0.3) is 0 Å². The number of allylic oxidation sites excluding steroid dienone is 3. The molecule has 2 aliphatic rings. The van der Waals surface area contributed by atoms with Crippen LogP contribution in [0.4, 0.5) is 13.2 Å². The molecule has 4 aromatic rings. The third-order valence-corrected chi connectivity index (χ3v) is 12.2. The van der Waals surface area contributed by atoms with Gasteiger partial charge in [-0.15, -0.1) is 6.58 Å². The molecule has 0 amide bonds. The number of fused-ring (bicyclic) bond motifs is 1. The maximum absolute atomic E-state index is 13.0. The molecule has 6 rings (SSSR count). The standard InChI is InChI=1S/C50H63NO10.C4H3F3O.C4H6O.C3H8N2.C3H6/c1-4-5-23-57-48-33-42(17-20-45(48)56-24-6-22-55-35-38-10-19-46-49(32-38)61-46)39-13-15-41(16-14-39)50(52)60-25-21-37-8-12-40(43(30-37)34-51)11-7-36-9-18-44(58-28-26-53-2)47(31-36)59-29-27-54-3;1-3(2-8)4(5,6)7;1-4(2)3-5;1-2-3(4)5;1-3-2/h8-9,12-18,20,30-31,33-34,38,46,49,51H,4-7,10-11,19,21-29,32,35H2,1-3H3;2H,1H2;3H,1H2,2H3;2H2,1H3,(H3,4,5);3H,1H2,2H3. The van der Waals surface area contributed by atoms with E-state index in [1.54, 1.807) is 39.4 Å². The predicted octanol–water partition coefficient (Wildman–Crippen LogP) is 12.7. The Labute approximate surface area is 483 Å². The van der Waals surface area contributed by atoms with Crippen molar-refractivity contribution in [2.45, 2.75) is 110 Å². The predicted molar refractivity (Wildman–Crippen MR) is 316 cm³/mol. The molecule has 1 aliphatic heterocycles. The van der Waals surface area contributed by atoms with Gasteiger partial charge in [-0.2, -0.15) is 13.2 Å². The summed E-state index contributed by atoms with van der Waals surface area (Å²) < 4.78 is 85.0. The van der Waals surface area contributed by atoms with Gasteiger partial charge < -0.3 is 53.8 Å². The van der Waals surface area contributed by atoms with E-state index in [-0.39, 0.29) is 24.7 Å². The minimum absolute atomic E-state index is 0.227. The number of benzene rings is 4. The Balaban J connectivity index is 0.000000931. The maximum atomic E-state index is 13.0. The molecular formula is C64H86F3N3O12. The van der Waals surface area contributed by atoms with E-state index in [1.165, 1.54) is 19.1 Å². The smallest absolute Gasteiger partial charge is 0.418 e. The van der Waals surface area contributed by atoms with E-state index < -0.39 is 11.7 Å². The fourth-order valence-corrected chi connectivity index (χ4v) is 7.54. The van der Waals surface area contributed by atoms with E-state index >= 15 is 0 Å². The third-order valence-electron chi connectivity index (χ3n) is 12.2. The van der Waals surface area contributed by atoms with Crippen LogP contribution in [0.15, 0.2) is 116 Å². The molecule has 18 heteroatoms. The van der Waals surface area contributed by atoms with Gasteiger partial charge in [0.15, 0.2) is 29.3 Å². The molecular weight excluding hydrogens is 1060 g/mol. The van der Waals surface area contributed by atoms with Crippen molar-refractivity contribution < 1.29 is 70.2 Å². The Morgan fingerprint density at radius 3 is 1.84 bits per heavy atom. The SMILES string of the molecule is C=C(C)C=O.C=C(C=O)C(F)(F)F.C=CC.CCC(=N)N.CCCCOc1cc(-c2ccc(C(=O)OCCc3ccc(CCc4ccc(OCCOC)c(OCCOC)c4)c(C=N)c3)cc2)ccc1OCCCOCC1CCC2OC2C1. The first-order valence-electron chi connectivity index (χ1n) is 27.5. The summed E-state index contributed by atoms with van der Waals surface area (Å²) >= 11 is 0. The summed E-state index contributed by atoms with van der Waals surface area (Å²) in [4.78, 5) is 31.8. The van der Waals surface area contributed by atoms with Crippen molar-refractivity contribution in [1.82, 2.24) is 0 Å². The zero-order valence-electron chi connectivity index (χ0n) is 48.7. The lowest BCUT2D eigenvalue weighted by molar-refractivity contribution is -0.119. The number of methoxy groups -OCH3 is 2. The number of aryl methyl sites for hydroxylation is 2. The molecule has 1 heterocycles. The van der Waals surface area contributed by atoms with Gasteiger partial charge in [0.05, 0.1) is 62.2 Å². The quantitative estimate of drug-likeness (QED) is 0.00626. The molecule has 1 aliphatic carbocycles. The average molecular weight is 1150 g/mol. The first-order valence-corrected chi connectivity index (χ1v) is 27.5. The van der Waals surface area contributed by atoms with E-state index in [9.17, 15) is 27.6 Å². The molecule has 2 fully saturated rings. The monoisotopic (exact) mass is 1150 g/mol. The van der Waals surface area contributed by atoms with Crippen LogP contribution in [-0.4, -0.2) is 123 Å². The Bertz CT molecular complexity index is 2570. The van der Waals surface area contributed by atoms with E-state index in [2.05, 4.69) is 32.7 Å². The second kappa shape index (κ2) is 41.0. The van der Waals surface area contributed by atoms with Crippen LogP contribution in [0.3, 0.4) is 0 Å². The van der Waals surface area contributed by atoms with Crippen LogP contribution in [0.5, 0.6) is 23.0 Å². The fraction of sp³-hybridized carbons (Fsp3) is 0.453. The summed E-state index contributed by atoms with van der Waals surface area (Å²) in [7, 11) is 3.28. The number of hydrogen-bond donors (Lipinski definition) is 3. The molecule has 0 radical (unpaired) electrons. The van der Waals surface area contributed by atoms with E-state index in [4.69, 9.17) is 59.2 Å². The molecule has 3 unspecified atom stereocenters. The van der Waals surface area contributed by atoms with Crippen molar-refractivity contribution >= 4 is 30.6 Å². The highest BCUT2D eigenvalue weighted by molar-refractivity contribution is 5.90. The Morgan fingerprint density at radius 2 is 1.28 bits per heavy atom. The van der Waals surface area contributed by atoms with Crippen LogP contribution in [-0.2, 0) is 52.5 Å². The normalized spacial score (nSPS) is 14.5. The highest BCUT2D eigenvalue weighted by atomic mass is 19.4. The van der Waals surface area contributed by atoms with Gasteiger partial charge in [0.2, 0.25) is 0 Å². The molecule has 82 heavy (non-hydrogen) atoms. The molecule has 15 nitrogen and oxygen atoms in total. The summed E-state index contributed by atoms with van der Waals surface area (Å²) in [6.07, 6.45) is 8.98. The van der Waals surface area contributed by atoms with Crippen molar-refractivity contribution in [3.8, 4) is 34.1 Å². The second-order valence-electron chi connectivity index (χ2n) is 19.0. The number of halogens is 3. The van der Waals surface area contributed by atoms with Gasteiger partial charge in [0.1, 0.15) is 19.5 Å². The summed E-state index contributed by atoms with van der Waals surface area (Å²) in [5.74, 6) is 3.25. The largest absolute Gasteiger partial charge is 0.490 e. The zero-order chi connectivity index (χ0) is 60.7. The van der Waals surface area contributed by atoms with Crippen LogP contribution < -0.4 is 24.7 Å². The summed E-state index contributed by atoms with van der Waals surface area (Å²) in [6.45, 7) is 21.3. The van der Waals surface area contributed by atoms with Crippen LogP contribution >= 0.6 is 0 Å². The van der Waals surface area contributed by atoms with Gasteiger partial charge in [-0.3, -0.25) is 15.0 Å². The minimum atomic E-state index is -4.55. The number of nitrogens with two attached hydrogens (primary N) is 1. The number of amidine groups is 1. The lowest BCUT2D eigenvalue weighted by Crippen LogP contribution is -2.19. The van der Waals surface area contributed by atoms with Gasteiger partial charge in [-0.1, -0.05) is 75.9 Å². The van der Waals surface area contributed by atoms with Crippen LogP contribution in [0.25, 0.3) is 11.1 Å². The molecule has 4 aromatic carbocycles. The molecule has 0 bridgehead atoms. The van der Waals surface area contributed by atoms with Crippen molar-refractivity contribution in [3.05, 3.63) is 144 Å². The lowest BCUT2D eigenvalue weighted by atomic mass is 9.90. The van der Waals surface area contributed by atoms with Crippen LogP contribution in [0, 0.1) is 16.7 Å². The summed E-state index contributed by atoms with van der Waals surface area (Å²) in [5.41, 5.74) is 10.5. The number of esters is 1. The number of aldehydes is 2. The summed E-state index contributed by atoms with van der Waals surface area (Å²) in [6, 6.07) is 25.5. The molecule has 1 saturated heterocycles. The number of hydrogen-bond acceptors (Lipinski definition) is 14. The Hall–Kier alpha value is -7.12. The first-order chi connectivity index (χ1) is 39.4. The highest BCUT2D eigenvalue weighted by Crippen LogP contribution is 2.39. The van der Waals surface area contributed by atoms with Gasteiger partial charge in [-0.25, -0.2) is 4.79 Å². The number of epoxide rings is 1. The maximum Gasteiger partial charge on any atom is 0.418 e.